The van der Waals surface area contributed by atoms with E-state index in [1.165, 1.54) is 12.1 Å². The number of hydrogen-bond donors (Lipinski definition) is 1. The third-order valence-corrected chi connectivity index (χ3v) is 7.05. The van der Waals surface area contributed by atoms with Crippen LogP contribution in [0.3, 0.4) is 0 Å². The zero-order chi connectivity index (χ0) is 25.4. The number of anilines is 2. The van der Waals surface area contributed by atoms with Crippen molar-refractivity contribution in [3.63, 3.8) is 0 Å². The summed E-state index contributed by atoms with van der Waals surface area (Å²) < 4.78 is 0. The molecule has 0 unspecified atom stereocenters. The minimum absolute atomic E-state index is 0.00217. The lowest BCUT2D eigenvalue weighted by molar-refractivity contribution is -0.384. The first-order valence-corrected chi connectivity index (χ1v) is 12.2. The topological polar surface area (TPSA) is 92.6 Å². The molecule has 0 spiro atoms. The number of rotatable bonds is 4. The molecule has 0 bridgehead atoms. The van der Waals surface area contributed by atoms with E-state index in [2.05, 4.69) is 5.32 Å². The van der Waals surface area contributed by atoms with E-state index < -0.39 is 11.0 Å². The number of para-hydroxylation sites is 2. The number of nitrogens with one attached hydrogen (secondary N) is 1. The Morgan fingerprint density at radius 2 is 1.81 bits per heavy atom. The van der Waals surface area contributed by atoms with Gasteiger partial charge in [-0.05, 0) is 47.7 Å². The van der Waals surface area contributed by atoms with Crippen LogP contribution in [0.4, 0.5) is 17.1 Å². The third kappa shape index (κ3) is 4.27. The molecule has 0 fully saturated rings. The predicted molar refractivity (Wildman–Crippen MR) is 139 cm³/mol. The maximum Gasteiger partial charge on any atom is 0.269 e. The van der Waals surface area contributed by atoms with Gasteiger partial charge in [0.2, 0.25) is 5.91 Å². The summed E-state index contributed by atoms with van der Waals surface area (Å²) in [6, 6.07) is 20.6. The number of carbonyl (C=O) groups excluding carboxylic acids is 2. The second-order valence-corrected chi connectivity index (χ2v) is 9.42. The summed E-state index contributed by atoms with van der Waals surface area (Å²) in [7, 11) is 0. The van der Waals surface area contributed by atoms with E-state index in [0.29, 0.717) is 22.7 Å². The largest absolute Gasteiger partial charge is 0.357 e. The maximum absolute atomic E-state index is 13.8. The molecule has 1 N–H and O–H groups in total. The third-order valence-electron chi connectivity index (χ3n) is 6.80. The lowest BCUT2D eigenvalue weighted by Gasteiger charge is -2.35. The first-order chi connectivity index (χ1) is 17.4. The van der Waals surface area contributed by atoms with Crippen LogP contribution in [0.25, 0.3) is 0 Å². The van der Waals surface area contributed by atoms with E-state index in [9.17, 15) is 19.7 Å². The number of non-ortho nitro benzene ring substituents is 1. The molecule has 1 amide bonds. The molecule has 8 heteroatoms. The second kappa shape index (κ2) is 9.59. The molecule has 0 aromatic heterocycles. The van der Waals surface area contributed by atoms with Crippen LogP contribution in [-0.4, -0.2) is 16.6 Å². The number of halogens is 1. The number of nitro groups is 1. The molecule has 182 valence electrons. The van der Waals surface area contributed by atoms with Gasteiger partial charge >= 0.3 is 0 Å². The molecular weight excluding hydrogens is 478 g/mol. The Morgan fingerprint density at radius 3 is 2.53 bits per heavy atom. The smallest absolute Gasteiger partial charge is 0.269 e. The Bertz CT molecular complexity index is 1400. The molecule has 2 atom stereocenters. The molecule has 0 saturated heterocycles. The number of Topliss-reactive ketones (excluding diaryl/α,β-unsaturated/α-hetero) is 1. The number of nitrogens with zero attached hydrogens (tertiary/aromatic N) is 2. The van der Waals surface area contributed by atoms with Crippen molar-refractivity contribution in [2.45, 2.75) is 38.1 Å². The van der Waals surface area contributed by atoms with E-state index in [-0.39, 0.29) is 36.1 Å². The average Bonchev–Trinajstić information content (AvgIpc) is 3.03. The van der Waals surface area contributed by atoms with Crippen LogP contribution in [0, 0.1) is 10.1 Å². The van der Waals surface area contributed by atoms with Gasteiger partial charge in [0.15, 0.2) is 5.78 Å². The second-order valence-electron chi connectivity index (χ2n) is 8.99. The van der Waals surface area contributed by atoms with Crippen molar-refractivity contribution < 1.29 is 14.5 Å². The zero-order valence-electron chi connectivity index (χ0n) is 19.6. The zero-order valence-corrected chi connectivity index (χ0v) is 20.4. The van der Waals surface area contributed by atoms with E-state index in [0.717, 1.165) is 22.5 Å². The molecular formula is C28H24ClN3O4. The Labute approximate surface area is 213 Å². The van der Waals surface area contributed by atoms with Gasteiger partial charge < -0.3 is 5.32 Å². The summed E-state index contributed by atoms with van der Waals surface area (Å²) in [5.74, 6) is -0.427. The molecule has 1 aliphatic heterocycles. The van der Waals surface area contributed by atoms with Crippen LogP contribution >= 0.6 is 11.6 Å². The van der Waals surface area contributed by atoms with Crippen molar-refractivity contribution >= 4 is 40.4 Å². The SMILES string of the molecule is CCC(=O)N1c2ccccc2NC2=C(C(=O)C[C@@H](c3cccc([N+](=O)[O-])c3)C2)[C@@H]1c1ccc(Cl)cc1. The molecule has 0 radical (unpaired) electrons. The van der Waals surface area contributed by atoms with Crippen molar-refractivity contribution in [3.8, 4) is 0 Å². The molecule has 3 aromatic carbocycles. The summed E-state index contributed by atoms with van der Waals surface area (Å²) in [4.78, 5) is 39.8. The minimum atomic E-state index is -0.626. The fraction of sp³-hybridized carbons (Fsp3) is 0.214. The van der Waals surface area contributed by atoms with Gasteiger partial charge in [0.1, 0.15) is 0 Å². The van der Waals surface area contributed by atoms with Crippen molar-refractivity contribution in [3.05, 3.63) is 110 Å². The van der Waals surface area contributed by atoms with Crippen molar-refractivity contribution in [2.75, 3.05) is 10.2 Å². The normalized spacial score (nSPS) is 19.2. The summed E-state index contributed by atoms with van der Waals surface area (Å²) in [5.41, 5.74) is 4.22. The molecule has 1 aliphatic carbocycles. The highest BCUT2D eigenvalue weighted by Crippen LogP contribution is 2.47. The summed E-state index contributed by atoms with van der Waals surface area (Å²) >= 11 is 6.16. The summed E-state index contributed by atoms with van der Waals surface area (Å²) in [5, 5.41) is 15.4. The number of benzene rings is 3. The summed E-state index contributed by atoms with van der Waals surface area (Å²) in [6.07, 6.45) is 0.941. The van der Waals surface area contributed by atoms with Crippen LogP contribution in [0.15, 0.2) is 84.1 Å². The highest BCUT2D eigenvalue weighted by molar-refractivity contribution is 6.30. The molecule has 3 aromatic rings. The first kappa shape index (κ1) is 23.8. The number of ketones is 1. The maximum atomic E-state index is 13.8. The van der Waals surface area contributed by atoms with Crippen LogP contribution < -0.4 is 10.2 Å². The van der Waals surface area contributed by atoms with Gasteiger partial charge in [-0.3, -0.25) is 24.6 Å². The van der Waals surface area contributed by atoms with Crippen molar-refractivity contribution in [1.82, 2.24) is 0 Å². The lowest BCUT2D eigenvalue weighted by Crippen LogP contribution is -2.38. The number of fused-ring (bicyclic) bond motifs is 1. The Hall–Kier alpha value is -3.97. The van der Waals surface area contributed by atoms with Crippen molar-refractivity contribution in [1.29, 1.82) is 0 Å². The number of hydrogen-bond acceptors (Lipinski definition) is 5. The fourth-order valence-electron chi connectivity index (χ4n) is 5.12. The quantitative estimate of drug-likeness (QED) is 0.323. The lowest BCUT2D eigenvalue weighted by atomic mass is 9.78. The van der Waals surface area contributed by atoms with Crippen LogP contribution in [-0.2, 0) is 9.59 Å². The molecule has 1 heterocycles. The Kier molecular flexibility index (Phi) is 6.33. The van der Waals surface area contributed by atoms with E-state index in [1.807, 2.05) is 42.5 Å². The van der Waals surface area contributed by atoms with Crippen LogP contribution in [0.5, 0.6) is 0 Å². The molecule has 5 rings (SSSR count). The molecule has 7 nitrogen and oxygen atoms in total. The Morgan fingerprint density at radius 1 is 1.06 bits per heavy atom. The first-order valence-electron chi connectivity index (χ1n) is 11.8. The van der Waals surface area contributed by atoms with E-state index in [4.69, 9.17) is 11.6 Å². The van der Waals surface area contributed by atoms with Gasteiger partial charge in [-0.1, -0.05) is 54.9 Å². The Balaban J connectivity index is 1.68. The number of allylic oxidation sites excluding steroid dienone is 1. The van der Waals surface area contributed by atoms with Crippen LogP contribution in [0.2, 0.25) is 5.02 Å². The van der Waals surface area contributed by atoms with Gasteiger partial charge in [-0.2, -0.15) is 0 Å². The highest BCUT2D eigenvalue weighted by Gasteiger charge is 2.41. The van der Waals surface area contributed by atoms with E-state index >= 15 is 0 Å². The molecule has 36 heavy (non-hydrogen) atoms. The van der Waals surface area contributed by atoms with Crippen LogP contribution in [0.1, 0.15) is 49.3 Å². The predicted octanol–water partition coefficient (Wildman–Crippen LogP) is 6.56. The fourth-order valence-corrected chi connectivity index (χ4v) is 5.25. The average molecular weight is 502 g/mol. The number of amides is 1. The van der Waals surface area contributed by atoms with Gasteiger partial charge in [-0.25, -0.2) is 0 Å². The standard InChI is InChI=1S/C28H24ClN3O4/c1-2-26(34)31-24-9-4-3-8-22(24)30-23-15-19(18-6-5-7-21(14-18)32(35)36)16-25(33)27(23)28(31)17-10-12-20(29)13-11-17/h3-14,19,28,30H,2,15-16H2,1H3/t19-,28-/m0/s1. The number of nitro benzene ring substituents is 1. The van der Waals surface area contributed by atoms with Gasteiger partial charge in [-0.15, -0.1) is 0 Å². The van der Waals surface area contributed by atoms with Gasteiger partial charge in [0.25, 0.3) is 5.69 Å². The van der Waals surface area contributed by atoms with Gasteiger partial charge in [0.05, 0.1) is 22.3 Å². The molecule has 2 aliphatic rings. The van der Waals surface area contributed by atoms with Gasteiger partial charge in [0, 0.05) is 41.3 Å². The number of carbonyl (C=O) groups is 2. The monoisotopic (exact) mass is 501 g/mol. The highest BCUT2D eigenvalue weighted by atomic mass is 35.5. The minimum Gasteiger partial charge on any atom is -0.357 e. The molecule has 0 saturated carbocycles. The van der Waals surface area contributed by atoms with Crippen molar-refractivity contribution in [2.24, 2.45) is 0 Å². The van der Waals surface area contributed by atoms with E-state index in [1.54, 1.807) is 30.0 Å². The summed E-state index contributed by atoms with van der Waals surface area (Å²) in [6.45, 7) is 1.80.